The number of halogens is 1. The second-order valence-corrected chi connectivity index (χ2v) is 6.50. The molecule has 0 bridgehead atoms. The Kier molecular flexibility index (Phi) is 5.42. The average molecular weight is 372 g/mol. The van der Waals surface area contributed by atoms with E-state index in [9.17, 15) is 4.79 Å². The van der Waals surface area contributed by atoms with E-state index in [0.717, 1.165) is 34.8 Å². The third-order valence-corrected chi connectivity index (χ3v) is 4.64. The molecule has 0 spiro atoms. The molecule has 0 aliphatic heterocycles. The van der Waals surface area contributed by atoms with Gasteiger partial charge in [0.05, 0.1) is 16.3 Å². The van der Waals surface area contributed by atoms with Crippen molar-refractivity contribution in [3.8, 4) is 0 Å². The number of rotatable bonds is 6. The summed E-state index contributed by atoms with van der Waals surface area (Å²) in [7, 11) is 0. The van der Waals surface area contributed by atoms with E-state index in [0.29, 0.717) is 23.7 Å². The topological polar surface area (TPSA) is 71.3 Å². The van der Waals surface area contributed by atoms with Gasteiger partial charge in [-0.3, -0.25) is 4.79 Å². The van der Waals surface area contributed by atoms with E-state index in [4.69, 9.17) is 11.6 Å². The maximum Gasteiger partial charge on any atom is 0.252 e. The molecule has 2 aromatic heterocycles. The number of carbonyl (C=O) groups excluding carboxylic acids is 1. The van der Waals surface area contributed by atoms with Crippen LogP contribution in [0.2, 0.25) is 5.02 Å². The van der Waals surface area contributed by atoms with E-state index in [1.165, 1.54) is 0 Å². The molecule has 26 heavy (non-hydrogen) atoms. The monoisotopic (exact) mass is 371 g/mol. The number of nitrogens with zero attached hydrogens (tertiary/aromatic N) is 3. The Morgan fingerprint density at radius 3 is 2.73 bits per heavy atom. The molecular weight excluding hydrogens is 350 g/mol. The quantitative estimate of drug-likeness (QED) is 0.651. The molecule has 3 aromatic rings. The fourth-order valence-electron chi connectivity index (χ4n) is 2.69. The first kappa shape index (κ1) is 18.2. The Bertz CT molecular complexity index is 950. The van der Waals surface area contributed by atoms with Crippen molar-refractivity contribution < 1.29 is 4.79 Å². The normalized spacial score (nSPS) is 10.9. The zero-order valence-electron chi connectivity index (χ0n) is 15.1. The number of anilines is 1. The van der Waals surface area contributed by atoms with Crippen LogP contribution in [0.5, 0.6) is 0 Å². The first-order valence-corrected chi connectivity index (χ1v) is 9.01. The second-order valence-electron chi connectivity index (χ2n) is 6.09. The third-order valence-electron chi connectivity index (χ3n) is 4.31. The number of carbonyl (C=O) groups is 1. The Morgan fingerprint density at radius 1 is 1.23 bits per heavy atom. The molecule has 6 nitrogen and oxygen atoms in total. The van der Waals surface area contributed by atoms with E-state index < -0.39 is 0 Å². The summed E-state index contributed by atoms with van der Waals surface area (Å²) >= 11 is 6.05. The fraction of sp³-hybridized carbons (Fsp3) is 0.316. The van der Waals surface area contributed by atoms with Crippen LogP contribution in [0.1, 0.15) is 34.2 Å². The zero-order chi connectivity index (χ0) is 18.7. The summed E-state index contributed by atoms with van der Waals surface area (Å²) in [5.41, 5.74) is 4.39. The van der Waals surface area contributed by atoms with Crippen LogP contribution in [0.25, 0.3) is 5.65 Å². The molecule has 0 fully saturated rings. The predicted molar refractivity (Wildman–Crippen MR) is 104 cm³/mol. The van der Waals surface area contributed by atoms with Crippen molar-refractivity contribution in [2.45, 2.75) is 27.2 Å². The van der Waals surface area contributed by atoms with Gasteiger partial charge in [-0.25, -0.2) is 4.98 Å². The van der Waals surface area contributed by atoms with Gasteiger partial charge in [0.1, 0.15) is 5.82 Å². The lowest BCUT2D eigenvalue weighted by atomic mass is 10.2. The third kappa shape index (κ3) is 3.65. The molecule has 136 valence electrons. The van der Waals surface area contributed by atoms with Crippen LogP contribution in [-0.4, -0.2) is 33.6 Å². The van der Waals surface area contributed by atoms with Crippen molar-refractivity contribution in [2.75, 3.05) is 18.4 Å². The van der Waals surface area contributed by atoms with Gasteiger partial charge in [-0.2, -0.15) is 9.61 Å². The summed E-state index contributed by atoms with van der Waals surface area (Å²) < 4.78 is 1.82. The molecule has 1 amide bonds. The molecule has 3 rings (SSSR count). The largest absolute Gasteiger partial charge is 0.368 e. The first-order chi connectivity index (χ1) is 12.5. The van der Waals surface area contributed by atoms with E-state index in [1.807, 2.05) is 24.4 Å². The maximum absolute atomic E-state index is 12.2. The van der Waals surface area contributed by atoms with Crippen LogP contribution in [0.4, 0.5) is 5.82 Å². The standard InChI is InChI=1S/C19H22ClN5O/c1-4-14-11-17(25-18(23-14)12(2)13(3)24-25)21-9-10-22-19(26)15-7-5-6-8-16(15)20/h5-8,11,21H,4,9-10H2,1-3H3,(H,22,26). The SMILES string of the molecule is CCc1cc(NCCNC(=O)c2ccccc2Cl)n2nc(C)c(C)c2n1. The number of hydrogen-bond acceptors (Lipinski definition) is 4. The van der Waals surface area contributed by atoms with E-state index in [2.05, 4.69) is 27.6 Å². The molecule has 1 aromatic carbocycles. The van der Waals surface area contributed by atoms with Gasteiger partial charge in [0.15, 0.2) is 5.65 Å². The summed E-state index contributed by atoms with van der Waals surface area (Å²) in [6.45, 7) is 7.11. The molecule has 2 N–H and O–H groups in total. The molecule has 0 aliphatic carbocycles. The lowest BCUT2D eigenvalue weighted by Crippen LogP contribution is -2.29. The molecule has 0 saturated carbocycles. The summed E-state index contributed by atoms with van der Waals surface area (Å²) in [5.74, 6) is 0.687. The van der Waals surface area contributed by atoms with Crippen LogP contribution in [0, 0.1) is 13.8 Å². The summed E-state index contributed by atoms with van der Waals surface area (Å²) in [4.78, 5) is 16.8. The smallest absolute Gasteiger partial charge is 0.252 e. The van der Waals surface area contributed by atoms with Crippen LogP contribution in [0.3, 0.4) is 0 Å². The van der Waals surface area contributed by atoms with Crippen molar-refractivity contribution in [1.29, 1.82) is 0 Å². The highest BCUT2D eigenvalue weighted by atomic mass is 35.5. The molecule has 2 heterocycles. The fourth-order valence-corrected chi connectivity index (χ4v) is 2.92. The Morgan fingerprint density at radius 2 is 2.00 bits per heavy atom. The molecule has 0 saturated heterocycles. The van der Waals surface area contributed by atoms with Gasteiger partial charge in [0, 0.05) is 30.4 Å². The zero-order valence-corrected chi connectivity index (χ0v) is 15.9. The van der Waals surface area contributed by atoms with E-state index >= 15 is 0 Å². The minimum atomic E-state index is -0.183. The number of amides is 1. The maximum atomic E-state index is 12.2. The number of fused-ring (bicyclic) bond motifs is 1. The van der Waals surface area contributed by atoms with Gasteiger partial charge < -0.3 is 10.6 Å². The predicted octanol–water partition coefficient (Wildman–Crippen LogP) is 3.40. The van der Waals surface area contributed by atoms with Gasteiger partial charge >= 0.3 is 0 Å². The second kappa shape index (κ2) is 7.74. The number of hydrogen-bond donors (Lipinski definition) is 2. The summed E-state index contributed by atoms with van der Waals surface area (Å²) in [6.07, 6.45) is 0.845. The molecule has 0 unspecified atom stereocenters. The van der Waals surface area contributed by atoms with Crippen molar-refractivity contribution in [1.82, 2.24) is 19.9 Å². The number of benzene rings is 1. The van der Waals surface area contributed by atoms with Crippen LogP contribution in [0.15, 0.2) is 30.3 Å². The lowest BCUT2D eigenvalue weighted by Gasteiger charge is -2.11. The lowest BCUT2D eigenvalue weighted by molar-refractivity contribution is 0.0955. The van der Waals surface area contributed by atoms with Crippen LogP contribution in [-0.2, 0) is 6.42 Å². The highest BCUT2D eigenvalue weighted by Crippen LogP contribution is 2.18. The molecular formula is C19H22ClN5O. The van der Waals surface area contributed by atoms with Gasteiger partial charge in [0.25, 0.3) is 5.91 Å². The number of nitrogens with one attached hydrogen (secondary N) is 2. The molecule has 0 aliphatic rings. The van der Waals surface area contributed by atoms with Crippen molar-refractivity contribution in [3.63, 3.8) is 0 Å². The molecule has 0 atom stereocenters. The highest BCUT2D eigenvalue weighted by molar-refractivity contribution is 6.33. The van der Waals surface area contributed by atoms with E-state index in [-0.39, 0.29) is 5.91 Å². The van der Waals surface area contributed by atoms with Gasteiger partial charge in [-0.1, -0.05) is 30.7 Å². The van der Waals surface area contributed by atoms with Gasteiger partial charge in [-0.05, 0) is 32.4 Å². The van der Waals surface area contributed by atoms with Crippen molar-refractivity contribution in [2.24, 2.45) is 0 Å². The molecule has 7 heteroatoms. The Hall–Kier alpha value is -2.60. The summed E-state index contributed by atoms with van der Waals surface area (Å²) in [5, 5.41) is 11.2. The number of aryl methyl sites for hydroxylation is 3. The minimum Gasteiger partial charge on any atom is -0.368 e. The van der Waals surface area contributed by atoms with Crippen molar-refractivity contribution in [3.05, 3.63) is 57.9 Å². The van der Waals surface area contributed by atoms with E-state index in [1.54, 1.807) is 24.3 Å². The Balaban J connectivity index is 1.67. The summed E-state index contributed by atoms with van der Waals surface area (Å²) in [6, 6.07) is 9.00. The van der Waals surface area contributed by atoms with Crippen LogP contribution >= 0.6 is 11.6 Å². The highest BCUT2D eigenvalue weighted by Gasteiger charge is 2.12. The minimum absolute atomic E-state index is 0.183. The van der Waals surface area contributed by atoms with Gasteiger partial charge in [0.2, 0.25) is 0 Å². The molecule has 0 radical (unpaired) electrons. The van der Waals surface area contributed by atoms with Crippen molar-refractivity contribution >= 4 is 29.0 Å². The average Bonchev–Trinajstić information content (AvgIpc) is 2.93. The van der Waals surface area contributed by atoms with Crippen LogP contribution < -0.4 is 10.6 Å². The number of aromatic nitrogens is 3. The first-order valence-electron chi connectivity index (χ1n) is 8.63. The van der Waals surface area contributed by atoms with Gasteiger partial charge in [-0.15, -0.1) is 0 Å². The Labute approximate surface area is 157 Å².